The predicted octanol–water partition coefficient (Wildman–Crippen LogP) is 3.36. The van der Waals surface area contributed by atoms with E-state index in [2.05, 4.69) is 45.0 Å². The van der Waals surface area contributed by atoms with Gasteiger partial charge in [0.15, 0.2) is 0 Å². The van der Waals surface area contributed by atoms with Gasteiger partial charge in [-0.2, -0.15) is 0 Å². The maximum Gasteiger partial charge on any atom is 0.234 e. The molecule has 1 nitrogen and oxygen atoms in total. The summed E-state index contributed by atoms with van der Waals surface area (Å²) in [4.78, 5) is 0. The summed E-state index contributed by atoms with van der Waals surface area (Å²) in [6, 6.07) is 9.59. The van der Waals surface area contributed by atoms with Crippen LogP contribution in [-0.2, 0) is 15.9 Å². The number of hydrogen-bond donors (Lipinski definition) is 0. The first kappa shape index (κ1) is 13.8. The molecule has 0 aliphatic carbocycles. The lowest BCUT2D eigenvalue weighted by Crippen LogP contribution is -2.16. The van der Waals surface area contributed by atoms with E-state index in [1.807, 2.05) is 0 Å². The van der Waals surface area contributed by atoms with E-state index < -0.39 is 0 Å². The van der Waals surface area contributed by atoms with Crippen molar-refractivity contribution in [2.45, 2.75) is 32.2 Å². The Morgan fingerprint density at radius 2 is 1.94 bits per heavy atom. The minimum Gasteiger partial charge on any atom is -0.416 e. The maximum atomic E-state index is 5.57. The van der Waals surface area contributed by atoms with Gasteiger partial charge in [-0.1, -0.05) is 45.0 Å². The molecule has 0 heterocycles. The molecule has 0 atom stereocenters. The Labute approximate surface area is 106 Å². The summed E-state index contributed by atoms with van der Waals surface area (Å²) in [7, 11) is 0.507. The van der Waals surface area contributed by atoms with E-state index in [1.54, 1.807) is 0 Å². The number of alkyl halides is 1. The fraction of sp³-hybridized carbons (Fsp3) is 0.538. The lowest BCUT2D eigenvalue weighted by molar-refractivity contribution is 0.362. The summed E-state index contributed by atoms with van der Waals surface area (Å²) in [5.74, 6) is 0.577. The molecule has 0 unspecified atom stereocenters. The van der Waals surface area contributed by atoms with Crippen LogP contribution in [0.4, 0.5) is 0 Å². The van der Waals surface area contributed by atoms with E-state index in [0.717, 1.165) is 6.04 Å². The summed E-state index contributed by atoms with van der Waals surface area (Å²) < 4.78 is 5.45. The third-order valence-electron chi connectivity index (χ3n) is 2.37. The molecule has 16 heavy (non-hydrogen) atoms. The zero-order valence-corrected chi connectivity index (χ0v) is 12.0. The van der Waals surface area contributed by atoms with Crippen molar-refractivity contribution in [2.24, 2.45) is 0 Å². The lowest BCUT2D eigenvalue weighted by Gasteiger charge is -2.22. The van der Waals surface area contributed by atoms with Gasteiger partial charge in [0, 0.05) is 12.5 Å². The molecule has 0 bridgehead atoms. The van der Waals surface area contributed by atoms with Gasteiger partial charge in [0.1, 0.15) is 0 Å². The highest BCUT2D eigenvalue weighted by Crippen LogP contribution is 2.25. The molecular weight excluding hydrogens is 236 g/mol. The Hall–Kier alpha value is -0.313. The normalized spacial score (nSPS) is 11.8. The molecule has 0 spiro atoms. The van der Waals surface area contributed by atoms with Crippen LogP contribution in [0.2, 0.25) is 0 Å². The minimum absolute atomic E-state index is 0.202. The van der Waals surface area contributed by atoms with Crippen LogP contribution in [0, 0.1) is 0 Å². The van der Waals surface area contributed by atoms with Crippen molar-refractivity contribution in [3.63, 3.8) is 0 Å². The Balaban J connectivity index is 2.65. The molecule has 3 heteroatoms. The van der Waals surface area contributed by atoms with Gasteiger partial charge in [-0.05, 0) is 22.6 Å². The van der Waals surface area contributed by atoms with Gasteiger partial charge < -0.3 is 4.43 Å². The summed E-state index contributed by atoms with van der Waals surface area (Å²) in [5, 5.41) is 0. The van der Waals surface area contributed by atoms with Crippen molar-refractivity contribution >= 4 is 21.4 Å². The van der Waals surface area contributed by atoms with Crippen molar-refractivity contribution in [1.29, 1.82) is 0 Å². The molecule has 0 saturated heterocycles. The zero-order chi connectivity index (χ0) is 12.0. The highest BCUT2D eigenvalue weighted by atomic mass is 35.5. The number of halogens is 1. The van der Waals surface area contributed by atoms with Crippen molar-refractivity contribution < 1.29 is 4.43 Å². The molecule has 0 aliphatic heterocycles. The fourth-order valence-corrected chi connectivity index (χ4v) is 2.66. The molecule has 0 amide bonds. The summed E-state index contributed by atoms with van der Waals surface area (Å²) in [6.07, 6.45) is 0. The van der Waals surface area contributed by atoms with Crippen LogP contribution in [0.1, 0.15) is 31.9 Å². The number of hydrogen-bond acceptors (Lipinski definition) is 1. The van der Waals surface area contributed by atoms with Crippen molar-refractivity contribution in [1.82, 2.24) is 0 Å². The topological polar surface area (TPSA) is 9.23 Å². The maximum absolute atomic E-state index is 5.57. The zero-order valence-electron chi connectivity index (χ0n) is 10.2. The van der Waals surface area contributed by atoms with Crippen LogP contribution in [0.15, 0.2) is 24.3 Å². The third-order valence-corrected chi connectivity index (χ3v) is 3.46. The largest absolute Gasteiger partial charge is 0.416 e. The van der Waals surface area contributed by atoms with Crippen molar-refractivity contribution in [3.05, 3.63) is 35.4 Å². The van der Waals surface area contributed by atoms with Crippen molar-refractivity contribution in [2.75, 3.05) is 12.5 Å². The Morgan fingerprint density at radius 1 is 1.25 bits per heavy atom. The quantitative estimate of drug-likeness (QED) is 0.445. The summed E-state index contributed by atoms with van der Waals surface area (Å²) in [6.45, 7) is 7.38. The monoisotopic (exact) mass is 254 g/mol. The van der Waals surface area contributed by atoms with Gasteiger partial charge in [-0.25, -0.2) is 0 Å². The summed E-state index contributed by atoms with van der Waals surface area (Å²) >= 11 is 5.57. The van der Waals surface area contributed by atoms with E-state index in [1.165, 1.54) is 11.1 Å². The molecular formula is C13H19ClOSi. The average Bonchev–Trinajstić information content (AvgIpc) is 2.24. The first-order valence-corrected chi connectivity index (χ1v) is 7.19. The minimum atomic E-state index is 0.202. The second-order valence-electron chi connectivity index (χ2n) is 4.77. The smallest absolute Gasteiger partial charge is 0.234 e. The van der Waals surface area contributed by atoms with Crippen LogP contribution in [-0.4, -0.2) is 22.3 Å². The molecule has 1 aromatic rings. The molecule has 0 fully saturated rings. The van der Waals surface area contributed by atoms with E-state index in [0.29, 0.717) is 22.3 Å². The first-order valence-electron chi connectivity index (χ1n) is 5.54. The van der Waals surface area contributed by atoms with E-state index in [9.17, 15) is 0 Å². The van der Waals surface area contributed by atoms with Crippen LogP contribution < -0.4 is 0 Å². The highest BCUT2D eigenvalue weighted by molar-refractivity contribution is 6.27. The van der Waals surface area contributed by atoms with Crippen LogP contribution in [0.25, 0.3) is 0 Å². The van der Waals surface area contributed by atoms with Crippen molar-refractivity contribution in [3.8, 4) is 0 Å². The van der Waals surface area contributed by atoms with Crippen LogP contribution in [0.5, 0.6) is 0 Å². The molecule has 0 aromatic heterocycles. The Morgan fingerprint density at radius 3 is 2.56 bits per heavy atom. The Bertz CT molecular complexity index is 320. The Kier molecular flexibility index (Phi) is 5.53. The standard InChI is InChI=1S/C13H19ClOSi/c1-13(2,3)12-7-5-4-6-11(12)10-16-15-9-8-14/h4-7H,8-10H2,1-3H3. The molecule has 88 valence electrons. The van der Waals surface area contributed by atoms with Gasteiger partial charge in [0.2, 0.25) is 9.76 Å². The molecule has 0 aliphatic rings. The first-order chi connectivity index (χ1) is 7.55. The van der Waals surface area contributed by atoms with Gasteiger partial charge in [0.25, 0.3) is 0 Å². The average molecular weight is 255 g/mol. The number of benzene rings is 1. The van der Waals surface area contributed by atoms with Gasteiger partial charge in [-0.15, -0.1) is 11.6 Å². The summed E-state index contributed by atoms with van der Waals surface area (Å²) in [5.41, 5.74) is 3.01. The van der Waals surface area contributed by atoms with E-state index in [4.69, 9.17) is 16.0 Å². The van der Waals surface area contributed by atoms with Gasteiger partial charge in [0.05, 0.1) is 0 Å². The molecule has 0 saturated carbocycles. The van der Waals surface area contributed by atoms with Crippen LogP contribution in [0.3, 0.4) is 0 Å². The molecule has 1 aromatic carbocycles. The highest BCUT2D eigenvalue weighted by Gasteiger charge is 2.16. The lowest BCUT2D eigenvalue weighted by atomic mass is 9.84. The van der Waals surface area contributed by atoms with E-state index in [-0.39, 0.29) is 5.41 Å². The second kappa shape index (κ2) is 6.43. The fourth-order valence-electron chi connectivity index (χ4n) is 1.65. The van der Waals surface area contributed by atoms with Gasteiger partial charge in [-0.3, -0.25) is 0 Å². The molecule has 1 rings (SSSR count). The molecule has 2 radical (unpaired) electrons. The van der Waals surface area contributed by atoms with E-state index >= 15 is 0 Å². The number of rotatable bonds is 5. The second-order valence-corrected chi connectivity index (χ2v) is 6.07. The third kappa shape index (κ3) is 4.28. The van der Waals surface area contributed by atoms with Crippen LogP contribution >= 0.6 is 11.6 Å². The predicted molar refractivity (Wildman–Crippen MR) is 71.3 cm³/mol. The SMILES string of the molecule is CC(C)(C)c1ccccc1C[Si]OCCCl. The van der Waals surface area contributed by atoms with Gasteiger partial charge >= 0.3 is 0 Å². The molecule has 0 N–H and O–H groups in total.